The standard InChI is InChI=1S/C18H20N2OS/c19-16(13-10-11-13)12-20-18(21)15-8-4-5-9-17(15)22-14-6-2-1-3-7-14/h1-9,13,16H,10-12,19H2,(H,20,21). The lowest BCUT2D eigenvalue weighted by Crippen LogP contribution is -2.38. The van der Waals surface area contributed by atoms with Gasteiger partial charge in [-0.05, 0) is 43.0 Å². The van der Waals surface area contributed by atoms with Gasteiger partial charge in [-0.2, -0.15) is 0 Å². The Balaban J connectivity index is 1.68. The van der Waals surface area contributed by atoms with Crippen molar-refractivity contribution in [2.24, 2.45) is 11.7 Å². The Labute approximate surface area is 135 Å². The number of nitrogens with one attached hydrogen (secondary N) is 1. The average molecular weight is 312 g/mol. The molecule has 1 saturated carbocycles. The molecule has 2 aromatic rings. The molecule has 0 radical (unpaired) electrons. The van der Waals surface area contributed by atoms with Crippen molar-refractivity contribution >= 4 is 17.7 Å². The van der Waals surface area contributed by atoms with Crippen molar-refractivity contribution < 1.29 is 4.79 Å². The molecular formula is C18H20N2OS. The Bertz CT molecular complexity index is 641. The summed E-state index contributed by atoms with van der Waals surface area (Å²) in [7, 11) is 0. The van der Waals surface area contributed by atoms with Crippen LogP contribution in [-0.2, 0) is 0 Å². The summed E-state index contributed by atoms with van der Waals surface area (Å²) in [6, 6.07) is 17.9. The maximum Gasteiger partial charge on any atom is 0.252 e. The van der Waals surface area contributed by atoms with Crippen LogP contribution in [0.15, 0.2) is 64.4 Å². The molecule has 0 aliphatic heterocycles. The number of amides is 1. The summed E-state index contributed by atoms with van der Waals surface area (Å²) in [6.07, 6.45) is 2.38. The molecule has 4 heteroatoms. The lowest BCUT2D eigenvalue weighted by atomic mass is 10.2. The van der Waals surface area contributed by atoms with Crippen LogP contribution in [0.4, 0.5) is 0 Å². The summed E-state index contributed by atoms with van der Waals surface area (Å²) in [5.74, 6) is 0.546. The Hall–Kier alpha value is -1.78. The van der Waals surface area contributed by atoms with E-state index in [1.807, 2.05) is 54.6 Å². The van der Waals surface area contributed by atoms with E-state index in [1.165, 1.54) is 12.8 Å². The van der Waals surface area contributed by atoms with E-state index < -0.39 is 0 Å². The van der Waals surface area contributed by atoms with Crippen molar-refractivity contribution in [3.8, 4) is 0 Å². The zero-order valence-electron chi connectivity index (χ0n) is 12.4. The molecule has 0 heterocycles. The minimum absolute atomic E-state index is 0.0462. The zero-order valence-corrected chi connectivity index (χ0v) is 13.2. The maximum absolute atomic E-state index is 12.4. The second-order valence-corrected chi connectivity index (χ2v) is 6.74. The predicted octanol–water partition coefficient (Wildman–Crippen LogP) is 3.30. The molecule has 2 aromatic carbocycles. The van der Waals surface area contributed by atoms with E-state index in [9.17, 15) is 4.79 Å². The lowest BCUT2D eigenvalue weighted by molar-refractivity contribution is 0.0947. The van der Waals surface area contributed by atoms with Gasteiger partial charge in [-0.3, -0.25) is 4.79 Å². The minimum Gasteiger partial charge on any atom is -0.350 e. The Morgan fingerprint density at radius 2 is 1.82 bits per heavy atom. The van der Waals surface area contributed by atoms with Gasteiger partial charge in [-0.25, -0.2) is 0 Å². The summed E-state index contributed by atoms with van der Waals surface area (Å²) < 4.78 is 0. The summed E-state index contributed by atoms with van der Waals surface area (Å²) in [6.45, 7) is 0.549. The van der Waals surface area contributed by atoms with Gasteiger partial charge < -0.3 is 11.1 Å². The highest BCUT2D eigenvalue weighted by molar-refractivity contribution is 7.99. The van der Waals surface area contributed by atoms with Crippen LogP contribution in [-0.4, -0.2) is 18.5 Å². The number of nitrogens with two attached hydrogens (primary N) is 1. The van der Waals surface area contributed by atoms with Crippen LogP contribution in [0, 0.1) is 5.92 Å². The zero-order chi connectivity index (χ0) is 15.4. The second-order valence-electron chi connectivity index (χ2n) is 5.62. The first-order valence-electron chi connectivity index (χ1n) is 7.60. The average Bonchev–Trinajstić information content (AvgIpc) is 3.39. The molecule has 0 aromatic heterocycles. The first-order chi connectivity index (χ1) is 10.7. The lowest BCUT2D eigenvalue weighted by Gasteiger charge is -2.13. The summed E-state index contributed by atoms with van der Waals surface area (Å²) >= 11 is 1.60. The van der Waals surface area contributed by atoms with Crippen molar-refractivity contribution in [2.45, 2.75) is 28.7 Å². The number of benzene rings is 2. The van der Waals surface area contributed by atoms with Crippen LogP contribution < -0.4 is 11.1 Å². The van der Waals surface area contributed by atoms with Crippen LogP contribution >= 0.6 is 11.8 Å². The normalized spacial score (nSPS) is 15.3. The van der Waals surface area contributed by atoms with E-state index in [4.69, 9.17) is 5.73 Å². The molecule has 3 N–H and O–H groups in total. The van der Waals surface area contributed by atoms with Gasteiger partial charge in [-0.1, -0.05) is 42.1 Å². The van der Waals surface area contributed by atoms with Gasteiger partial charge in [0.2, 0.25) is 0 Å². The van der Waals surface area contributed by atoms with E-state index in [2.05, 4.69) is 5.32 Å². The predicted molar refractivity (Wildman–Crippen MR) is 90.0 cm³/mol. The van der Waals surface area contributed by atoms with Gasteiger partial charge in [0.1, 0.15) is 0 Å². The quantitative estimate of drug-likeness (QED) is 0.860. The van der Waals surface area contributed by atoms with E-state index in [1.54, 1.807) is 11.8 Å². The van der Waals surface area contributed by atoms with Gasteiger partial charge in [-0.15, -0.1) is 0 Å². The molecule has 1 unspecified atom stereocenters. The van der Waals surface area contributed by atoms with Crippen molar-refractivity contribution in [3.05, 3.63) is 60.2 Å². The summed E-state index contributed by atoms with van der Waals surface area (Å²) in [5, 5.41) is 2.97. The highest BCUT2D eigenvalue weighted by atomic mass is 32.2. The molecule has 0 bridgehead atoms. The third-order valence-corrected chi connectivity index (χ3v) is 4.91. The molecule has 114 valence electrons. The van der Waals surface area contributed by atoms with Gasteiger partial charge in [0, 0.05) is 22.4 Å². The smallest absolute Gasteiger partial charge is 0.252 e. The minimum atomic E-state index is -0.0462. The first kappa shape index (κ1) is 15.1. The highest BCUT2D eigenvalue weighted by Crippen LogP contribution is 2.32. The molecule has 3 rings (SSSR count). The molecule has 1 atom stereocenters. The molecule has 1 aliphatic carbocycles. The number of hydrogen-bond acceptors (Lipinski definition) is 3. The van der Waals surface area contributed by atoms with Crippen molar-refractivity contribution in [1.29, 1.82) is 0 Å². The van der Waals surface area contributed by atoms with Crippen LogP contribution in [0.25, 0.3) is 0 Å². The fourth-order valence-electron chi connectivity index (χ4n) is 2.36. The Morgan fingerprint density at radius 1 is 1.14 bits per heavy atom. The molecule has 1 amide bonds. The van der Waals surface area contributed by atoms with Gasteiger partial charge in [0.05, 0.1) is 5.56 Å². The molecule has 0 spiro atoms. The molecule has 0 saturated heterocycles. The number of rotatable bonds is 6. The number of carbonyl (C=O) groups excluding carboxylic acids is 1. The molecular weight excluding hydrogens is 292 g/mol. The fourth-order valence-corrected chi connectivity index (χ4v) is 3.32. The van der Waals surface area contributed by atoms with E-state index >= 15 is 0 Å². The third kappa shape index (κ3) is 3.90. The summed E-state index contributed by atoms with van der Waals surface area (Å²) in [5.41, 5.74) is 6.75. The number of carbonyl (C=O) groups is 1. The summed E-state index contributed by atoms with van der Waals surface area (Å²) in [4.78, 5) is 14.5. The molecule has 3 nitrogen and oxygen atoms in total. The topological polar surface area (TPSA) is 55.1 Å². The largest absolute Gasteiger partial charge is 0.350 e. The molecule has 22 heavy (non-hydrogen) atoms. The Morgan fingerprint density at radius 3 is 2.55 bits per heavy atom. The monoisotopic (exact) mass is 312 g/mol. The van der Waals surface area contributed by atoms with Crippen molar-refractivity contribution in [2.75, 3.05) is 6.54 Å². The van der Waals surface area contributed by atoms with Crippen molar-refractivity contribution in [3.63, 3.8) is 0 Å². The van der Waals surface area contributed by atoms with Crippen molar-refractivity contribution in [1.82, 2.24) is 5.32 Å². The van der Waals surface area contributed by atoms with E-state index in [0.29, 0.717) is 18.0 Å². The highest BCUT2D eigenvalue weighted by Gasteiger charge is 2.28. The maximum atomic E-state index is 12.4. The van der Waals surface area contributed by atoms with Crippen LogP contribution in [0.3, 0.4) is 0 Å². The second kappa shape index (κ2) is 6.99. The third-order valence-electron chi connectivity index (χ3n) is 3.83. The van der Waals surface area contributed by atoms with Crippen LogP contribution in [0.5, 0.6) is 0 Å². The number of hydrogen-bond donors (Lipinski definition) is 2. The van der Waals surface area contributed by atoms with Gasteiger partial charge in [0.25, 0.3) is 5.91 Å². The van der Waals surface area contributed by atoms with Gasteiger partial charge in [0.15, 0.2) is 0 Å². The molecule has 1 fully saturated rings. The van der Waals surface area contributed by atoms with E-state index in [-0.39, 0.29) is 11.9 Å². The SMILES string of the molecule is NC(CNC(=O)c1ccccc1Sc1ccccc1)C1CC1. The van der Waals surface area contributed by atoms with Crippen LogP contribution in [0.1, 0.15) is 23.2 Å². The Kier molecular flexibility index (Phi) is 4.80. The van der Waals surface area contributed by atoms with E-state index in [0.717, 1.165) is 9.79 Å². The first-order valence-corrected chi connectivity index (χ1v) is 8.41. The van der Waals surface area contributed by atoms with Crippen LogP contribution in [0.2, 0.25) is 0 Å². The molecule has 1 aliphatic rings. The van der Waals surface area contributed by atoms with Gasteiger partial charge >= 0.3 is 0 Å². The fraction of sp³-hybridized carbons (Fsp3) is 0.278.